The van der Waals surface area contributed by atoms with Crippen molar-refractivity contribution in [2.75, 3.05) is 18.4 Å². The van der Waals surface area contributed by atoms with Crippen molar-refractivity contribution in [1.82, 2.24) is 9.55 Å². The molecule has 0 aliphatic heterocycles. The quantitative estimate of drug-likeness (QED) is 0.394. The van der Waals surface area contributed by atoms with E-state index in [-0.39, 0.29) is 5.71 Å². The van der Waals surface area contributed by atoms with Crippen molar-refractivity contribution >= 4 is 34.5 Å². The topological polar surface area (TPSA) is 154 Å². The largest absolute Gasteiger partial charge is 0.402 e. The number of primary amides is 1. The molecule has 0 bridgehead atoms. The number of aliphatic imine (C=N–C) groups is 1. The van der Waals surface area contributed by atoms with Crippen molar-refractivity contribution in [2.45, 2.75) is 20.4 Å². The van der Waals surface area contributed by atoms with E-state index in [9.17, 15) is 9.59 Å². The summed E-state index contributed by atoms with van der Waals surface area (Å²) >= 11 is 0. The summed E-state index contributed by atoms with van der Waals surface area (Å²) in [7, 11) is 0. The van der Waals surface area contributed by atoms with Crippen molar-refractivity contribution in [3.05, 3.63) is 47.7 Å². The highest BCUT2D eigenvalue weighted by molar-refractivity contribution is 6.47. The molecule has 0 aliphatic carbocycles. The van der Waals surface area contributed by atoms with Gasteiger partial charge < -0.3 is 21.8 Å². The number of fused-ring (bicyclic) bond motifs is 1. The molecule has 0 spiro atoms. The first-order chi connectivity index (χ1) is 13.4. The predicted molar refractivity (Wildman–Crippen MR) is 111 cm³/mol. The minimum atomic E-state index is -0.550. The maximum Gasteiger partial charge on any atom is 0.276 e. The van der Waals surface area contributed by atoms with Gasteiger partial charge in [0.25, 0.3) is 5.91 Å². The zero-order valence-electron chi connectivity index (χ0n) is 16.0. The van der Waals surface area contributed by atoms with Crippen LogP contribution in [0, 0.1) is 0 Å². The van der Waals surface area contributed by atoms with Crippen LogP contribution in [0.1, 0.15) is 24.2 Å². The summed E-state index contributed by atoms with van der Waals surface area (Å²) in [5.41, 5.74) is 18.8. The summed E-state index contributed by atoms with van der Waals surface area (Å²) in [6.07, 6.45) is 5.18. The molecule has 28 heavy (non-hydrogen) atoms. The van der Waals surface area contributed by atoms with Crippen LogP contribution in [0.5, 0.6) is 0 Å². The average molecular weight is 383 g/mol. The Morgan fingerprint density at radius 2 is 2.04 bits per heavy atom. The van der Waals surface area contributed by atoms with Gasteiger partial charge in [0.15, 0.2) is 0 Å². The van der Waals surface area contributed by atoms with Crippen LogP contribution in [-0.2, 0) is 11.3 Å². The van der Waals surface area contributed by atoms with Gasteiger partial charge in [0.2, 0.25) is 11.9 Å². The normalized spacial score (nSPS) is 12.7. The number of rotatable bonds is 8. The Balaban J connectivity index is 2.48. The number of allylic oxidation sites excluding steroid dienone is 2. The molecule has 0 atom stereocenters. The third kappa shape index (κ3) is 5.04. The van der Waals surface area contributed by atoms with Crippen molar-refractivity contribution in [3.63, 3.8) is 0 Å². The molecule has 1 heterocycles. The van der Waals surface area contributed by atoms with Gasteiger partial charge in [-0.2, -0.15) is 0 Å². The number of aromatic nitrogens is 2. The molecule has 9 nitrogen and oxygen atoms in total. The van der Waals surface area contributed by atoms with E-state index in [1.165, 1.54) is 6.08 Å². The molecule has 0 unspecified atom stereocenters. The van der Waals surface area contributed by atoms with Gasteiger partial charge >= 0.3 is 0 Å². The number of imidazole rings is 1. The summed E-state index contributed by atoms with van der Waals surface area (Å²) in [4.78, 5) is 32.7. The minimum absolute atomic E-state index is 0.205. The second-order valence-electron chi connectivity index (χ2n) is 6.02. The van der Waals surface area contributed by atoms with Gasteiger partial charge in [-0.05, 0) is 38.1 Å². The van der Waals surface area contributed by atoms with Crippen LogP contribution in [0.2, 0.25) is 0 Å². The van der Waals surface area contributed by atoms with E-state index in [0.29, 0.717) is 42.4 Å². The third-order valence-corrected chi connectivity index (χ3v) is 3.77. The summed E-state index contributed by atoms with van der Waals surface area (Å²) in [6, 6.07) is 4.94. The number of nitrogens with two attached hydrogens (primary N) is 3. The van der Waals surface area contributed by atoms with Crippen molar-refractivity contribution in [2.24, 2.45) is 22.2 Å². The lowest BCUT2D eigenvalue weighted by atomic mass is 10.2. The Morgan fingerprint density at radius 1 is 1.29 bits per heavy atom. The molecule has 9 heteroatoms. The van der Waals surface area contributed by atoms with Gasteiger partial charge in [0, 0.05) is 30.9 Å². The third-order valence-electron chi connectivity index (χ3n) is 3.77. The number of hydrogen-bond acceptors (Lipinski definition) is 6. The molecule has 0 saturated carbocycles. The maximum absolute atomic E-state index is 12.7. The number of carbonyl (C=O) groups excluding carboxylic acids is 2. The Labute approximate surface area is 163 Å². The van der Waals surface area contributed by atoms with Crippen molar-refractivity contribution in [3.8, 4) is 0 Å². The average Bonchev–Trinajstić information content (AvgIpc) is 2.97. The van der Waals surface area contributed by atoms with Gasteiger partial charge in [-0.3, -0.25) is 19.9 Å². The fourth-order valence-corrected chi connectivity index (χ4v) is 2.57. The fraction of sp³-hybridized carbons (Fsp3) is 0.263. The predicted octanol–water partition coefficient (Wildman–Crippen LogP) is 0.912. The number of nitrogens with one attached hydrogen (secondary N) is 1. The van der Waals surface area contributed by atoms with Crippen LogP contribution in [-0.4, -0.2) is 40.2 Å². The first kappa shape index (κ1) is 20.8. The number of carbonyl (C=O) groups is 2. The Kier molecular flexibility index (Phi) is 7.05. The Bertz CT molecular complexity index is 966. The molecule has 0 saturated heterocycles. The molecule has 0 aliphatic rings. The van der Waals surface area contributed by atoms with E-state index < -0.39 is 11.8 Å². The highest BCUT2D eigenvalue weighted by atomic mass is 16.2. The lowest BCUT2D eigenvalue weighted by Crippen LogP contribution is -2.24. The zero-order chi connectivity index (χ0) is 20.7. The lowest BCUT2D eigenvalue weighted by molar-refractivity contribution is -0.110. The molecule has 2 aromatic rings. The molecule has 2 rings (SSSR count). The molecule has 0 radical (unpaired) electrons. The van der Waals surface area contributed by atoms with Gasteiger partial charge in [0.1, 0.15) is 5.71 Å². The van der Waals surface area contributed by atoms with Gasteiger partial charge in [-0.1, -0.05) is 12.2 Å². The van der Waals surface area contributed by atoms with Crippen LogP contribution in [0.3, 0.4) is 0 Å². The van der Waals surface area contributed by atoms with Crippen LogP contribution in [0.15, 0.2) is 47.1 Å². The highest BCUT2D eigenvalue weighted by Crippen LogP contribution is 2.21. The fourth-order valence-electron chi connectivity index (χ4n) is 2.57. The molecule has 1 aromatic heterocycles. The maximum atomic E-state index is 12.7. The lowest BCUT2D eigenvalue weighted by Gasteiger charge is -2.08. The van der Waals surface area contributed by atoms with E-state index in [2.05, 4.69) is 15.3 Å². The van der Waals surface area contributed by atoms with Gasteiger partial charge in [-0.15, -0.1) is 0 Å². The SMILES string of the molecule is CCN=C(/C=C(/C)N)C(=O)Nc1nc2cc(C(N)=O)ccc2n1C/C=C/CN. The van der Waals surface area contributed by atoms with E-state index in [4.69, 9.17) is 17.2 Å². The minimum Gasteiger partial charge on any atom is -0.402 e. The van der Waals surface area contributed by atoms with Gasteiger partial charge in [-0.25, -0.2) is 4.98 Å². The molecular weight excluding hydrogens is 358 g/mol. The summed E-state index contributed by atoms with van der Waals surface area (Å²) in [5, 5.41) is 2.77. The monoisotopic (exact) mass is 383 g/mol. The summed E-state index contributed by atoms with van der Waals surface area (Å²) < 4.78 is 1.80. The first-order valence-corrected chi connectivity index (χ1v) is 8.82. The van der Waals surface area contributed by atoms with E-state index in [0.717, 1.165) is 5.52 Å². The number of amides is 2. The number of nitrogens with zero attached hydrogens (tertiary/aromatic N) is 3. The van der Waals surface area contributed by atoms with Crippen LogP contribution < -0.4 is 22.5 Å². The van der Waals surface area contributed by atoms with Crippen LogP contribution in [0.4, 0.5) is 5.95 Å². The van der Waals surface area contributed by atoms with Crippen LogP contribution in [0.25, 0.3) is 11.0 Å². The molecular formula is C19H25N7O2. The highest BCUT2D eigenvalue weighted by Gasteiger charge is 2.16. The standard InChI is InChI=1S/C19H25N7O2/c1-3-23-15(10-12(2)21)18(28)25-19-24-14-11-13(17(22)27)6-7-16(14)26(19)9-5-4-8-20/h4-7,10-11H,3,8-9,20-21H2,1-2H3,(H2,22,27)(H,24,25,28)/b5-4+,12-10-,23-15?. The van der Waals surface area contributed by atoms with Gasteiger partial charge in [0.05, 0.1) is 11.0 Å². The molecule has 148 valence electrons. The van der Waals surface area contributed by atoms with E-state index >= 15 is 0 Å². The molecule has 2 amide bonds. The zero-order valence-corrected chi connectivity index (χ0v) is 16.0. The van der Waals surface area contributed by atoms with Crippen LogP contribution >= 0.6 is 0 Å². The smallest absolute Gasteiger partial charge is 0.276 e. The second-order valence-corrected chi connectivity index (χ2v) is 6.02. The second kappa shape index (κ2) is 9.47. The number of hydrogen-bond donors (Lipinski definition) is 4. The number of anilines is 1. The Hall–Kier alpha value is -3.46. The molecule has 1 aromatic carbocycles. The molecule has 0 fully saturated rings. The summed E-state index contributed by atoms with van der Waals surface area (Å²) in [5.74, 6) is -0.665. The van der Waals surface area contributed by atoms with E-state index in [1.54, 1.807) is 35.8 Å². The van der Waals surface area contributed by atoms with E-state index in [1.807, 2.05) is 13.0 Å². The van der Waals surface area contributed by atoms with Crippen molar-refractivity contribution < 1.29 is 9.59 Å². The Morgan fingerprint density at radius 3 is 2.64 bits per heavy atom. The summed E-state index contributed by atoms with van der Waals surface area (Å²) in [6.45, 7) is 4.77. The first-order valence-electron chi connectivity index (χ1n) is 8.82. The molecule has 7 N–H and O–H groups in total. The number of benzene rings is 1. The van der Waals surface area contributed by atoms with Crippen molar-refractivity contribution in [1.29, 1.82) is 0 Å².